The maximum atomic E-state index is 12.2. The minimum atomic E-state index is -4.41. The fourth-order valence-electron chi connectivity index (χ4n) is 1.46. The molecule has 0 aliphatic carbocycles. The molecule has 0 aliphatic rings. The molecule has 0 saturated carbocycles. The molecule has 0 heterocycles. The predicted octanol–water partition coefficient (Wildman–Crippen LogP) is 2.44. The van der Waals surface area contributed by atoms with E-state index in [2.05, 4.69) is 10.1 Å². The zero-order valence-electron chi connectivity index (χ0n) is 11.0. The van der Waals surface area contributed by atoms with Gasteiger partial charge < -0.3 is 15.8 Å². The first-order valence-corrected chi connectivity index (χ1v) is 6.10. The molecule has 0 fully saturated rings. The predicted molar refractivity (Wildman–Crippen MR) is 69.0 cm³/mol. The monoisotopic (exact) mass is 290 g/mol. The van der Waals surface area contributed by atoms with Crippen molar-refractivity contribution < 1.29 is 22.7 Å². The number of amides is 1. The molecule has 0 radical (unpaired) electrons. The molecular weight excluding hydrogens is 273 g/mol. The fraction of sp³-hybridized carbons (Fsp3) is 0.462. The van der Waals surface area contributed by atoms with Crippen LogP contribution in [-0.4, -0.2) is 24.8 Å². The van der Waals surface area contributed by atoms with E-state index in [1.807, 2.05) is 0 Å². The van der Waals surface area contributed by atoms with E-state index in [9.17, 15) is 18.0 Å². The first-order valence-electron chi connectivity index (χ1n) is 6.10. The average molecular weight is 290 g/mol. The molecule has 0 spiro atoms. The van der Waals surface area contributed by atoms with Crippen LogP contribution in [0.25, 0.3) is 0 Å². The summed E-state index contributed by atoms with van der Waals surface area (Å²) in [7, 11) is 0. The zero-order chi connectivity index (χ0) is 15.2. The van der Waals surface area contributed by atoms with Gasteiger partial charge in [-0.05, 0) is 18.6 Å². The summed E-state index contributed by atoms with van der Waals surface area (Å²) in [6, 6.07) is 6.96. The first-order chi connectivity index (χ1) is 9.34. The molecular formula is C13H17F3N2O2. The Hall–Kier alpha value is -1.60. The largest absolute Gasteiger partial charge is 0.414 e. The van der Waals surface area contributed by atoms with Gasteiger partial charge in [0.1, 0.15) is 0 Å². The molecule has 0 saturated heterocycles. The highest BCUT2D eigenvalue weighted by atomic mass is 19.4. The minimum Gasteiger partial charge on any atom is -0.369 e. The lowest BCUT2D eigenvalue weighted by molar-refractivity contribution is -0.214. The number of rotatable bonds is 6. The second-order valence-corrected chi connectivity index (χ2v) is 4.21. The van der Waals surface area contributed by atoms with Gasteiger partial charge in [0, 0.05) is 12.2 Å². The van der Waals surface area contributed by atoms with E-state index in [1.165, 1.54) is 0 Å². The van der Waals surface area contributed by atoms with Crippen molar-refractivity contribution in [3.05, 3.63) is 29.8 Å². The van der Waals surface area contributed by atoms with Crippen LogP contribution < -0.4 is 11.1 Å². The molecule has 1 aromatic rings. The van der Waals surface area contributed by atoms with Crippen molar-refractivity contribution in [3.63, 3.8) is 0 Å². The number of carbonyl (C=O) groups is 1. The number of anilines is 1. The maximum absolute atomic E-state index is 12.2. The zero-order valence-corrected chi connectivity index (χ0v) is 11.0. The molecule has 3 N–H and O–H groups in total. The van der Waals surface area contributed by atoms with Crippen molar-refractivity contribution >= 4 is 11.6 Å². The molecule has 0 bridgehead atoms. The van der Waals surface area contributed by atoms with Crippen molar-refractivity contribution in [2.75, 3.05) is 11.9 Å². The molecule has 1 aromatic carbocycles. The lowest BCUT2D eigenvalue weighted by atomic mass is 10.2. The second kappa shape index (κ2) is 7.25. The Bertz CT molecular complexity index is 449. The van der Waals surface area contributed by atoms with E-state index in [-0.39, 0.29) is 19.6 Å². The summed E-state index contributed by atoms with van der Waals surface area (Å²) >= 11 is 0. The third-order valence-corrected chi connectivity index (χ3v) is 2.67. The average Bonchev–Trinajstić information content (AvgIpc) is 2.38. The van der Waals surface area contributed by atoms with Crippen molar-refractivity contribution in [1.29, 1.82) is 0 Å². The summed E-state index contributed by atoms with van der Waals surface area (Å²) in [4.78, 5) is 11.6. The number of hydrogen-bond acceptors (Lipinski definition) is 3. The molecule has 0 aliphatic heterocycles. The second-order valence-electron chi connectivity index (χ2n) is 4.21. The number of para-hydroxylation sites is 1. The first kappa shape index (κ1) is 16.5. The Balaban J connectivity index is 2.41. The molecule has 1 rings (SSSR count). The lowest BCUT2D eigenvalue weighted by Gasteiger charge is -2.16. The summed E-state index contributed by atoms with van der Waals surface area (Å²) in [6.45, 7) is 0.872. The van der Waals surface area contributed by atoms with E-state index >= 15 is 0 Å². The van der Waals surface area contributed by atoms with Gasteiger partial charge in [0.2, 0.25) is 5.91 Å². The van der Waals surface area contributed by atoms with Crippen LogP contribution in [0.3, 0.4) is 0 Å². The fourth-order valence-corrected chi connectivity index (χ4v) is 1.46. The van der Waals surface area contributed by atoms with Crippen molar-refractivity contribution in [2.24, 2.45) is 5.73 Å². The van der Waals surface area contributed by atoms with Crippen molar-refractivity contribution in [3.8, 4) is 0 Å². The van der Waals surface area contributed by atoms with Crippen LogP contribution in [0.4, 0.5) is 18.9 Å². The summed E-state index contributed by atoms with van der Waals surface area (Å²) in [5.74, 6) is -0.416. The Morgan fingerprint density at radius 2 is 2.05 bits per heavy atom. The van der Waals surface area contributed by atoms with Gasteiger partial charge in [-0.1, -0.05) is 18.2 Å². The van der Waals surface area contributed by atoms with Gasteiger partial charge in [-0.25, -0.2) is 0 Å². The molecule has 1 atom stereocenters. The van der Waals surface area contributed by atoms with Gasteiger partial charge in [0.05, 0.1) is 13.0 Å². The Labute approximate surface area is 115 Å². The van der Waals surface area contributed by atoms with Crippen LogP contribution in [0.1, 0.15) is 18.9 Å². The summed E-state index contributed by atoms with van der Waals surface area (Å²) < 4.78 is 41.1. The van der Waals surface area contributed by atoms with Crippen LogP contribution in [-0.2, 0) is 16.1 Å². The molecule has 1 unspecified atom stereocenters. The highest BCUT2D eigenvalue weighted by Gasteiger charge is 2.36. The topological polar surface area (TPSA) is 64.3 Å². The highest BCUT2D eigenvalue weighted by Crippen LogP contribution is 2.22. The van der Waals surface area contributed by atoms with Gasteiger partial charge in [-0.3, -0.25) is 4.79 Å². The van der Waals surface area contributed by atoms with Crippen LogP contribution in [0, 0.1) is 0 Å². The number of ether oxygens (including phenoxy) is 1. The number of alkyl halides is 3. The quantitative estimate of drug-likeness (QED) is 0.845. The third-order valence-electron chi connectivity index (χ3n) is 2.67. The number of nitrogens with one attached hydrogen (secondary N) is 1. The van der Waals surface area contributed by atoms with Gasteiger partial charge in [0.15, 0.2) is 6.10 Å². The van der Waals surface area contributed by atoms with Gasteiger partial charge in [0.25, 0.3) is 0 Å². The van der Waals surface area contributed by atoms with E-state index in [1.54, 1.807) is 24.3 Å². The van der Waals surface area contributed by atoms with E-state index in [0.717, 1.165) is 12.5 Å². The Morgan fingerprint density at radius 3 is 2.65 bits per heavy atom. The number of benzene rings is 1. The summed E-state index contributed by atoms with van der Waals surface area (Å²) in [5.41, 5.74) is 6.83. The van der Waals surface area contributed by atoms with Crippen LogP contribution >= 0.6 is 0 Å². The maximum Gasteiger partial charge on any atom is 0.414 e. The third kappa shape index (κ3) is 5.18. The number of carbonyl (C=O) groups excluding carboxylic acids is 1. The van der Waals surface area contributed by atoms with Gasteiger partial charge in [-0.15, -0.1) is 0 Å². The van der Waals surface area contributed by atoms with Crippen LogP contribution in [0.15, 0.2) is 24.3 Å². The van der Waals surface area contributed by atoms with Crippen molar-refractivity contribution in [1.82, 2.24) is 0 Å². The summed E-state index contributed by atoms with van der Waals surface area (Å²) in [6.07, 6.45) is -6.45. The van der Waals surface area contributed by atoms with E-state index in [4.69, 9.17) is 5.73 Å². The lowest BCUT2D eigenvalue weighted by Crippen LogP contribution is -2.29. The Morgan fingerprint density at radius 1 is 1.40 bits per heavy atom. The smallest absolute Gasteiger partial charge is 0.369 e. The van der Waals surface area contributed by atoms with Gasteiger partial charge in [-0.2, -0.15) is 13.2 Å². The SMILES string of the molecule is CC(OCCC(=O)Nc1ccccc1CN)C(F)(F)F. The molecule has 0 aromatic heterocycles. The molecule has 112 valence electrons. The number of nitrogens with two attached hydrogens (primary N) is 1. The van der Waals surface area contributed by atoms with E-state index < -0.39 is 18.2 Å². The minimum absolute atomic E-state index is 0.153. The molecule has 1 amide bonds. The van der Waals surface area contributed by atoms with Crippen LogP contribution in [0.5, 0.6) is 0 Å². The summed E-state index contributed by atoms with van der Waals surface area (Å²) in [5, 5.41) is 2.59. The molecule has 20 heavy (non-hydrogen) atoms. The molecule has 4 nitrogen and oxygen atoms in total. The number of halogens is 3. The van der Waals surface area contributed by atoms with Gasteiger partial charge >= 0.3 is 6.18 Å². The normalized spacial score (nSPS) is 13.1. The van der Waals surface area contributed by atoms with E-state index in [0.29, 0.717) is 5.69 Å². The van der Waals surface area contributed by atoms with Crippen molar-refractivity contribution in [2.45, 2.75) is 32.2 Å². The standard InChI is InChI=1S/C13H17F3N2O2/c1-9(13(14,15)16)20-7-6-12(19)18-11-5-3-2-4-10(11)8-17/h2-5,9H,6-8,17H2,1H3,(H,18,19). The molecule has 7 heteroatoms. The Kier molecular flexibility index (Phi) is 5.97. The highest BCUT2D eigenvalue weighted by molar-refractivity contribution is 5.91. The number of hydrogen-bond donors (Lipinski definition) is 2. The van der Waals surface area contributed by atoms with Crippen LogP contribution in [0.2, 0.25) is 0 Å².